The molecule has 1 aromatic rings. The molecule has 0 saturated heterocycles. The van der Waals surface area contributed by atoms with Gasteiger partial charge in [-0.05, 0) is 12.1 Å². The SMILES string of the molecule is O=S(=O)(O)COc1cccc(Cl)c1Cl. The average Bonchev–Trinajstić information content (AvgIpc) is 2.06. The molecule has 78 valence electrons. The Labute approximate surface area is 91.1 Å². The number of ether oxygens (including phenoxy) is 1. The van der Waals surface area contributed by atoms with Gasteiger partial charge in [0.2, 0.25) is 5.94 Å². The summed E-state index contributed by atoms with van der Waals surface area (Å²) < 4.78 is 33.8. The van der Waals surface area contributed by atoms with Crippen LogP contribution in [0.15, 0.2) is 18.2 Å². The van der Waals surface area contributed by atoms with Crippen molar-refractivity contribution in [2.45, 2.75) is 0 Å². The number of rotatable bonds is 3. The van der Waals surface area contributed by atoms with Gasteiger partial charge in [-0.25, -0.2) is 0 Å². The lowest BCUT2D eigenvalue weighted by atomic mass is 10.3. The first-order valence-electron chi connectivity index (χ1n) is 3.42. The first-order chi connectivity index (χ1) is 6.40. The number of hydrogen-bond donors (Lipinski definition) is 1. The fourth-order valence-corrected chi connectivity index (χ4v) is 1.36. The molecule has 4 nitrogen and oxygen atoms in total. The fraction of sp³-hybridized carbons (Fsp3) is 0.143. The van der Waals surface area contributed by atoms with E-state index in [1.54, 1.807) is 6.07 Å². The first-order valence-corrected chi connectivity index (χ1v) is 5.78. The van der Waals surface area contributed by atoms with Gasteiger partial charge in [0.1, 0.15) is 10.8 Å². The van der Waals surface area contributed by atoms with E-state index >= 15 is 0 Å². The Morgan fingerprint density at radius 1 is 1.36 bits per heavy atom. The molecule has 0 spiro atoms. The Morgan fingerprint density at radius 3 is 2.57 bits per heavy atom. The Hall–Kier alpha value is -0.490. The van der Waals surface area contributed by atoms with Gasteiger partial charge < -0.3 is 4.74 Å². The lowest BCUT2D eigenvalue weighted by molar-refractivity contribution is 0.353. The highest BCUT2D eigenvalue weighted by molar-refractivity contribution is 7.85. The fourth-order valence-electron chi connectivity index (χ4n) is 0.733. The maximum Gasteiger partial charge on any atom is 0.300 e. The lowest BCUT2D eigenvalue weighted by Crippen LogP contribution is -2.10. The molecule has 0 saturated carbocycles. The lowest BCUT2D eigenvalue weighted by Gasteiger charge is -2.06. The van der Waals surface area contributed by atoms with Gasteiger partial charge in [-0.1, -0.05) is 29.3 Å². The summed E-state index contributed by atoms with van der Waals surface area (Å²) >= 11 is 11.3. The van der Waals surface area contributed by atoms with Crippen LogP contribution in [0, 0.1) is 0 Å². The molecule has 0 aliphatic carbocycles. The molecule has 0 aromatic heterocycles. The van der Waals surface area contributed by atoms with Crippen molar-refractivity contribution in [1.82, 2.24) is 0 Å². The molecule has 0 atom stereocenters. The molecule has 0 fully saturated rings. The van der Waals surface area contributed by atoms with E-state index in [9.17, 15) is 8.42 Å². The molecule has 0 bridgehead atoms. The van der Waals surface area contributed by atoms with E-state index in [0.29, 0.717) is 0 Å². The molecule has 0 heterocycles. The maximum atomic E-state index is 10.4. The highest BCUT2D eigenvalue weighted by Crippen LogP contribution is 2.31. The largest absolute Gasteiger partial charge is 0.474 e. The summed E-state index contributed by atoms with van der Waals surface area (Å²) in [5.74, 6) is -0.746. The average molecular weight is 257 g/mol. The topological polar surface area (TPSA) is 63.6 Å². The minimum Gasteiger partial charge on any atom is -0.474 e. The molecular formula is C7H6Cl2O4S. The second-order valence-corrected chi connectivity index (χ2v) is 4.58. The molecule has 0 amide bonds. The van der Waals surface area contributed by atoms with Gasteiger partial charge in [0.25, 0.3) is 0 Å². The van der Waals surface area contributed by atoms with Crippen LogP contribution in [0.2, 0.25) is 10.0 Å². The van der Waals surface area contributed by atoms with Crippen LogP contribution in [0.25, 0.3) is 0 Å². The standard InChI is InChI=1S/C7H6Cl2O4S/c8-5-2-1-3-6(7(5)9)13-4-14(10,11)12/h1-3H,4H2,(H,10,11,12). The quantitative estimate of drug-likeness (QED) is 0.843. The van der Waals surface area contributed by atoms with Crippen LogP contribution in [0.5, 0.6) is 5.75 Å². The summed E-state index contributed by atoms with van der Waals surface area (Å²) in [5.41, 5.74) is 0. The highest BCUT2D eigenvalue weighted by Gasteiger charge is 2.09. The zero-order valence-electron chi connectivity index (χ0n) is 6.78. The van der Waals surface area contributed by atoms with Crippen LogP contribution in [-0.2, 0) is 10.1 Å². The van der Waals surface area contributed by atoms with E-state index in [2.05, 4.69) is 0 Å². The zero-order valence-corrected chi connectivity index (χ0v) is 9.10. The molecule has 0 aliphatic rings. The van der Waals surface area contributed by atoms with Gasteiger partial charge in [-0.2, -0.15) is 8.42 Å². The van der Waals surface area contributed by atoms with Crippen molar-refractivity contribution >= 4 is 33.3 Å². The molecule has 1 rings (SSSR count). The van der Waals surface area contributed by atoms with Gasteiger partial charge >= 0.3 is 10.1 Å². The molecular weight excluding hydrogens is 251 g/mol. The van der Waals surface area contributed by atoms with Gasteiger partial charge in [-0.15, -0.1) is 0 Å². The van der Waals surface area contributed by atoms with Crippen molar-refractivity contribution < 1.29 is 17.7 Å². The van der Waals surface area contributed by atoms with Crippen LogP contribution >= 0.6 is 23.2 Å². The predicted molar refractivity (Wildman–Crippen MR) is 53.5 cm³/mol. The Morgan fingerprint density at radius 2 is 2.00 bits per heavy atom. The minimum absolute atomic E-state index is 0.108. The number of hydrogen-bond acceptors (Lipinski definition) is 3. The van der Waals surface area contributed by atoms with E-state index in [4.69, 9.17) is 32.5 Å². The van der Waals surface area contributed by atoms with Gasteiger partial charge in [0.05, 0.1) is 5.02 Å². The summed E-state index contributed by atoms with van der Waals surface area (Å²) in [6.07, 6.45) is 0. The van der Waals surface area contributed by atoms with Crippen LogP contribution in [-0.4, -0.2) is 18.9 Å². The molecule has 1 N–H and O–H groups in total. The van der Waals surface area contributed by atoms with Crippen LogP contribution in [0.4, 0.5) is 0 Å². The molecule has 14 heavy (non-hydrogen) atoms. The van der Waals surface area contributed by atoms with Gasteiger partial charge in [0.15, 0.2) is 0 Å². The third kappa shape index (κ3) is 3.34. The van der Waals surface area contributed by atoms with Gasteiger partial charge in [-0.3, -0.25) is 4.55 Å². The molecule has 0 aliphatic heterocycles. The molecule has 1 aromatic carbocycles. The van der Waals surface area contributed by atoms with Gasteiger partial charge in [0, 0.05) is 0 Å². The second kappa shape index (κ2) is 4.35. The summed E-state index contributed by atoms with van der Waals surface area (Å²) in [4.78, 5) is 0. The Balaban J connectivity index is 2.83. The summed E-state index contributed by atoms with van der Waals surface area (Å²) in [6, 6.07) is 4.52. The van der Waals surface area contributed by atoms with Crippen LogP contribution in [0.3, 0.4) is 0 Å². The normalized spacial score (nSPS) is 11.4. The minimum atomic E-state index is -4.18. The summed E-state index contributed by atoms with van der Waals surface area (Å²) in [5, 5.41) is 0.359. The zero-order chi connectivity index (χ0) is 10.8. The molecule has 0 unspecified atom stereocenters. The third-order valence-electron chi connectivity index (χ3n) is 1.28. The van der Waals surface area contributed by atoms with Crippen LogP contribution in [0.1, 0.15) is 0 Å². The van der Waals surface area contributed by atoms with Crippen molar-refractivity contribution in [1.29, 1.82) is 0 Å². The van der Waals surface area contributed by atoms with Crippen molar-refractivity contribution in [3.8, 4) is 5.75 Å². The molecule has 7 heteroatoms. The maximum absolute atomic E-state index is 10.4. The number of halogens is 2. The van der Waals surface area contributed by atoms with Crippen molar-refractivity contribution in [2.24, 2.45) is 0 Å². The van der Waals surface area contributed by atoms with E-state index in [1.165, 1.54) is 12.1 Å². The second-order valence-electron chi connectivity index (χ2n) is 2.40. The Bertz CT molecular complexity index is 429. The van der Waals surface area contributed by atoms with E-state index < -0.39 is 16.1 Å². The van der Waals surface area contributed by atoms with E-state index in [0.717, 1.165) is 0 Å². The monoisotopic (exact) mass is 256 g/mol. The number of benzene rings is 1. The van der Waals surface area contributed by atoms with Crippen molar-refractivity contribution in [2.75, 3.05) is 5.94 Å². The highest BCUT2D eigenvalue weighted by atomic mass is 35.5. The predicted octanol–water partition coefficient (Wildman–Crippen LogP) is 2.22. The smallest absolute Gasteiger partial charge is 0.300 e. The van der Waals surface area contributed by atoms with E-state index in [1.807, 2.05) is 0 Å². The van der Waals surface area contributed by atoms with Crippen molar-refractivity contribution in [3.05, 3.63) is 28.2 Å². The van der Waals surface area contributed by atoms with Crippen molar-refractivity contribution in [3.63, 3.8) is 0 Å². The van der Waals surface area contributed by atoms with E-state index in [-0.39, 0.29) is 15.8 Å². The summed E-state index contributed by atoms with van der Waals surface area (Å²) in [6.45, 7) is 0. The molecule has 0 radical (unpaired) electrons. The first kappa shape index (κ1) is 11.6. The van der Waals surface area contributed by atoms with Crippen LogP contribution < -0.4 is 4.74 Å². The third-order valence-corrected chi connectivity index (χ3v) is 2.50. The summed E-state index contributed by atoms with van der Waals surface area (Å²) in [7, 11) is -4.18. The Kier molecular flexibility index (Phi) is 3.60.